The van der Waals surface area contributed by atoms with E-state index < -0.39 is 6.61 Å². The topological polar surface area (TPSA) is 96.9 Å². The number of hydrogen-bond acceptors (Lipinski definition) is 5. The van der Waals surface area contributed by atoms with Gasteiger partial charge in [-0.3, -0.25) is 9.79 Å². The first-order valence-corrected chi connectivity index (χ1v) is 9.73. The first kappa shape index (κ1) is 22.8. The van der Waals surface area contributed by atoms with Gasteiger partial charge in [0, 0.05) is 41.4 Å². The summed E-state index contributed by atoms with van der Waals surface area (Å²) in [5.74, 6) is -0.339. The first-order chi connectivity index (χ1) is 13.7. The Morgan fingerprint density at radius 3 is 2.72 bits per heavy atom. The van der Waals surface area contributed by atoms with Gasteiger partial charge in [0.15, 0.2) is 0 Å². The molecule has 0 aliphatic heterocycles. The predicted molar refractivity (Wildman–Crippen MR) is 109 cm³/mol. The molecule has 0 radical (unpaired) electrons. The Morgan fingerprint density at radius 1 is 1.38 bits per heavy atom. The lowest BCUT2D eigenvalue weighted by Gasteiger charge is -2.28. The van der Waals surface area contributed by atoms with E-state index >= 15 is 0 Å². The van der Waals surface area contributed by atoms with Gasteiger partial charge < -0.3 is 20.9 Å². The Balaban J connectivity index is 2.30. The lowest BCUT2D eigenvalue weighted by molar-refractivity contribution is -0.126. The zero-order chi connectivity index (χ0) is 21.6. The Morgan fingerprint density at radius 2 is 2.10 bits per heavy atom. The maximum Gasteiger partial charge on any atom is 0.387 e. The number of rotatable bonds is 7. The van der Waals surface area contributed by atoms with Crippen LogP contribution < -0.4 is 15.8 Å². The molecule has 1 aromatic carbocycles. The Labute approximate surface area is 169 Å². The predicted octanol–water partition coefficient (Wildman–Crippen LogP) is 3.10. The van der Waals surface area contributed by atoms with Crippen molar-refractivity contribution in [2.75, 3.05) is 6.61 Å². The van der Waals surface area contributed by atoms with Gasteiger partial charge in [-0.15, -0.1) is 0 Å². The molecule has 2 atom stereocenters. The van der Waals surface area contributed by atoms with Crippen molar-refractivity contribution in [2.45, 2.75) is 58.7 Å². The van der Waals surface area contributed by atoms with Crippen molar-refractivity contribution in [3.63, 3.8) is 0 Å². The van der Waals surface area contributed by atoms with Crippen molar-refractivity contribution < 1.29 is 23.4 Å². The summed E-state index contributed by atoms with van der Waals surface area (Å²) >= 11 is 0. The smallest absolute Gasteiger partial charge is 0.387 e. The minimum atomic E-state index is -2.91. The van der Waals surface area contributed by atoms with Crippen molar-refractivity contribution in [3.8, 4) is 5.75 Å². The zero-order valence-corrected chi connectivity index (χ0v) is 17.0. The van der Waals surface area contributed by atoms with Crippen LogP contribution in [0.3, 0.4) is 0 Å². The van der Waals surface area contributed by atoms with Gasteiger partial charge in [-0.2, -0.15) is 8.78 Å². The van der Waals surface area contributed by atoms with Crippen molar-refractivity contribution in [1.29, 1.82) is 0 Å². The minimum absolute atomic E-state index is 0.0134. The molecule has 1 aliphatic rings. The molecule has 0 unspecified atom stereocenters. The number of nitrogens with one attached hydrogen (secondary N) is 1. The van der Waals surface area contributed by atoms with Gasteiger partial charge in [-0.1, -0.05) is 12.1 Å². The van der Waals surface area contributed by atoms with Crippen LogP contribution in [0.25, 0.3) is 5.70 Å². The Bertz CT molecular complexity index is 778. The van der Waals surface area contributed by atoms with Crippen LogP contribution in [0.1, 0.15) is 45.6 Å². The summed E-state index contributed by atoms with van der Waals surface area (Å²) < 4.78 is 29.5. The summed E-state index contributed by atoms with van der Waals surface area (Å²) in [6.07, 6.45) is 1.57. The van der Waals surface area contributed by atoms with Crippen LogP contribution in [0.5, 0.6) is 5.75 Å². The van der Waals surface area contributed by atoms with E-state index in [4.69, 9.17) is 10.8 Å². The van der Waals surface area contributed by atoms with Crippen molar-refractivity contribution in [2.24, 2.45) is 16.6 Å². The zero-order valence-electron chi connectivity index (χ0n) is 17.0. The molecule has 8 heteroatoms. The summed E-state index contributed by atoms with van der Waals surface area (Å²) in [5.41, 5.74) is 8.98. The van der Waals surface area contributed by atoms with E-state index in [-0.39, 0.29) is 36.3 Å². The summed E-state index contributed by atoms with van der Waals surface area (Å²) in [6, 6.07) is 5.96. The van der Waals surface area contributed by atoms with E-state index in [1.54, 1.807) is 19.1 Å². The summed E-state index contributed by atoms with van der Waals surface area (Å²) in [5, 5.41) is 11.9. The second kappa shape index (κ2) is 10.3. The summed E-state index contributed by atoms with van der Waals surface area (Å²) in [7, 11) is 0. The number of aliphatic hydroxyl groups is 1. The number of alkyl halides is 2. The number of carbonyl (C=O) groups excluding carboxylic acids is 1. The molecule has 29 heavy (non-hydrogen) atoms. The molecule has 2 rings (SSSR count). The molecule has 1 fully saturated rings. The van der Waals surface area contributed by atoms with Gasteiger partial charge in [-0.25, -0.2) is 0 Å². The molecule has 6 nitrogen and oxygen atoms in total. The number of aliphatic imine (C=N–C) groups is 1. The van der Waals surface area contributed by atoms with Gasteiger partial charge >= 0.3 is 6.61 Å². The number of amides is 1. The van der Waals surface area contributed by atoms with Crippen molar-refractivity contribution >= 4 is 17.3 Å². The second-order valence-corrected chi connectivity index (χ2v) is 7.50. The van der Waals surface area contributed by atoms with E-state index in [9.17, 15) is 13.6 Å². The molecule has 0 bridgehead atoms. The molecular weight excluding hydrogens is 380 g/mol. The molecule has 1 aliphatic carbocycles. The van der Waals surface area contributed by atoms with Crippen LogP contribution >= 0.6 is 0 Å². The molecule has 0 saturated heterocycles. The first-order valence-electron chi connectivity index (χ1n) is 9.73. The van der Waals surface area contributed by atoms with Crippen molar-refractivity contribution in [3.05, 3.63) is 35.4 Å². The lowest BCUT2D eigenvalue weighted by atomic mass is 9.81. The fourth-order valence-corrected chi connectivity index (χ4v) is 3.30. The van der Waals surface area contributed by atoms with Gasteiger partial charge in [0.25, 0.3) is 0 Å². The molecule has 0 spiro atoms. The van der Waals surface area contributed by atoms with Crippen LogP contribution in [0.15, 0.2) is 34.8 Å². The molecule has 1 amide bonds. The molecule has 0 aromatic heterocycles. The molecular formula is C21H29F2N3O3. The number of ether oxygens (including phenoxy) is 1. The Kier molecular flexibility index (Phi) is 8.13. The average molecular weight is 409 g/mol. The molecule has 160 valence electrons. The fraction of sp³-hybridized carbons (Fsp3) is 0.524. The van der Waals surface area contributed by atoms with E-state index in [1.807, 2.05) is 13.8 Å². The molecule has 4 N–H and O–H groups in total. The highest BCUT2D eigenvalue weighted by molar-refractivity contribution is 6.08. The molecule has 0 heterocycles. The molecule has 1 saturated carbocycles. The van der Waals surface area contributed by atoms with Crippen LogP contribution in [0, 0.1) is 5.92 Å². The summed E-state index contributed by atoms with van der Waals surface area (Å²) in [4.78, 5) is 17.1. The highest BCUT2D eigenvalue weighted by atomic mass is 19.3. The second-order valence-electron chi connectivity index (χ2n) is 7.50. The van der Waals surface area contributed by atoms with Crippen molar-refractivity contribution in [1.82, 2.24) is 5.32 Å². The number of benzene rings is 1. The third kappa shape index (κ3) is 6.52. The standard InChI is InChI=1S/C21H29F2N3O3/c1-12(2)25-18-10-15(20(28)26-13(3)11-27)7-8-17(18)19(24)14-5-4-6-16(9-14)29-21(22)23/h4-6,9,12-13,15,21,27H,7-8,10-11,24H2,1-3H3,(H,26,28)/t13-,15+/m0/s1. The van der Waals surface area contributed by atoms with E-state index in [0.717, 1.165) is 11.3 Å². The highest BCUT2D eigenvalue weighted by Crippen LogP contribution is 2.32. The van der Waals surface area contributed by atoms with Crippen LogP contribution in [-0.2, 0) is 4.79 Å². The number of allylic oxidation sites excluding steroid dienone is 1. The number of nitrogens with zero attached hydrogens (tertiary/aromatic N) is 1. The monoisotopic (exact) mass is 409 g/mol. The average Bonchev–Trinajstić information content (AvgIpc) is 2.66. The number of nitrogens with two attached hydrogens (primary N) is 1. The van der Waals surface area contributed by atoms with Crippen LogP contribution in [0.2, 0.25) is 0 Å². The maximum absolute atomic E-state index is 12.5. The number of aliphatic hydroxyl groups excluding tert-OH is 1. The normalized spacial score (nSPS) is 21.4. The minimum Gasteiger partial charge on any atom is -0.435 e. The van der Waals surface area contributed by atoms with Gasteiger partial charge in [-0.05, 0) is 51.3 Å². The Hall–Kier alpha value is -2.48. The van der Waals surface area contributed by atoms with Gasteiger partial charge in [0.2, 0.25) is 5.91 Å². The fourth-order valence-electron chi connectivity index (χ4n) is 3.30. The number of halogens is 2. The quantitative estimate of drug-likeness (QED) is 0.645. The third-order valence-corrected chi connectivity index (χ3v) is 4.67. The van der Waals surface area contributed by atoms with Crippen LogP contribution in [-0.4, -0.2) is 42.0 Å². The van der Waals surface area contributed by atoms with E-state index in [2.05, 4.69) is 15.0 Å². The van der Waals surface area contributed by atoms with Gasteiger partial charge in [0.05, 0.1) is 6.61 Å². The molecule has 1 aromatic rings. The number of carbonyl (C=O) groups is 1. The van der Waals surface area contributed by atoms with E-state index in [1.165, 1.54) is 12.1 Å². The highest BCUT2D eigenvalue weighted by Gasteiger charge is 2.30. The largest absolute Gasteiger partial charge is 0.435 e. The number of hydrogen-bond donors (Lipinski definition) is 3. The SMILES string of the molecule is CC(C)N=C1C[C@H](C(=O)N[C@@H](C)CO)CCC1=C(N)c1cccc(OC(F)F)c1. The lowest BCUT2D eigenvalue weighted by Crippen LogP contribution is -2.41. The maximum atomic E-state index is 12.5. The van der Waals surface area contributed by atoms with E-state index in [0.29, 0.717) is 30.5 Å². The van der Waals surface area contributed by atoms with Crippen LogP contribution in [0.4, 0.5) is 8.78 Å². The van der Waals surface area contributed by atoms with Gasteiger partial charge in [0.1, 0.15) is 5.75 Å². The third-order valence-electron chi connectivity index (χ3n) is 4.67. The summed E-state index contributed by atoms with van der Waals surface area (Å²) in [6.45, 7) is 2.58.